The van der Waals surface area contributed by atoms with Gasteiger partial charge in [0.1, 0.15) is 29.4 Å². The molecule has 0 radical (unpaired) electrons. The molecule has 0 bridgehead atoms. The van der Waals surface area contributed by atoms with Crippen LogP contribution in [0.5, 0.6) is 5.75 Å². The van der Waals surface area contributed by atoms with Crippen LogP contribution in [0.1, 0.15) is 27.4 Å². The number of carboxylic acids is 1. The summed E-state index contributed by atoms with van der Waals surface area (Å²) < 4.78 is 10.9. The molecular formula is C14H13ClO4. The van der Waals surface area contributed by atoms with Gasteiger partial charge in [0.05, 0.1) is 5.02 Å². The SMILES string of the molecule is Cc1ccc(Cl)c(OCc2cc(C(=O)O)c(C)o2)c1. The van der Waals surface area contributed by atoms with E-state index in [0.29, 0.717) is 22.3 Å². The number of furan rings is 1. The maximum atomic E-state index is 10.9. The minimum atomic E-state index is -1.01. The highest BCUT2D eigenvalue weighted by Crippen LogP contribution is 2.26. The van der Waals surface area contributed by atoms with Gasteiger partial charge in [0.2, 0.25) is 0 Å². The lowest BCUT2D eigenvalue weighted by molar-refractivity contribution is 0.0695. The normalized spacial score (nSPS) is 10.5. The van der Waals surface area contributed by atoms with Crippen LogP contribution in [0.4, 0.5) is 0 Å². The monoisotopic (exact) mass is 280 g/mol. The van der Waals surface area contributed by atoms with Gasteiger partial charge in [-0.3, -0.25) is 0 Å². The quantitative estimate of drug-likeness (QED) is 0.925. The summed E-state index contributed by atoms with van der Waals surface area (Å²) >= 11 is 6.00. The molecular weight excluding hydrogens is 268 g/mol. The van der Waals surface area contributed by atoms with Crippen molar-refractivity contribution >= 4 is 17.6 Å². The first-order chi connectivity index (χ1) is 8.97. The number of benzene rings is 1. The molecule has 0 atom stereocenters. The third-order valence-electron chi connectivity index (χ3n) is 2.66. The number of hydrogen-bond donors (Lipinski definition) is 1. The van der Waals surface area contributed by atoms with Crippen LogP contribution in [0.15, 0.2) is 28.7 Å². The van der Waals surface area contributed by atoms with Crippen LogP contribution in [0.25, 0.3) is 0 Å². The molecule has 0 fully saturated rings. The van der Waals surface area contributed by atoms with Gasteiger partial charge < -0.3 is 14.3 Å². The van der Waals surface area contributed by atoms with Crippen molar-refractivity contribution in [3.05, 3.63) is 51.9 Å². The second-order valence-electron chi connectivity index (χ2n) is 4.21. The first-order valence-electron chi connectivity index (χ1n) is 5.69. The Morgan fingerprint density at radius 3 is 2.74 bits per heavy atom. The smallest absolute Gasteiger partial charge is 0.339 e. The summed E-state index contributed by atoms with van der Waals surface area (Å²) in [6.07, 6.45) is 0. The Balaban J connectivity index is 2.12. The van der Waals surface area contributed by atoms with Crippen molar-refractivity contribution in [2.24, 2.45) is 0 Å². The average molecular weight is 281 g/mol. The molecule has 0 unspecified atom stereocenters. The zero-order valence-electron chi connectivity index (χ0n) is 10.6. The molecule has 2 rings (SSSR count). The zero-order chi connectivity index (χ0) is 14.0. The minimum absolute atomic E-state index is 0.136. The summed E-state index contributed by atoms with van der Waals surface area (Å²) in [7, 11) is 0. The number of rotatable bonds is 4. The second kappa shape index (κ2) is 5.36. The molecule has 0 spiro atoms. The highest BCUT2D eigenvalue weighted by molar-refractivity contribution is 6.32. The molecule has 1 aromatic heterocycles. The van der Waals surface area contributed by atoms with Crippen LogP contribution >= 0.6 is 11.6 Å². The fraction of sp³-hybridized carbons (Fsp3) is 0.214. The molecule has 0 aliphatic heterocycles. The van der Waals surface area contributed by atoms with E-state index in [4.69, 9.17) is 25.9 Å². The molecule has 1 N–H and O–H groups in total. The molecule has 1 heterocycles. The summed E-state index contributed by atoms with van der Waals surface area (Å²) in [5.41, 5.74) is 1.18. The predicted octanol–water partition coefficient (Wildman–Crippen LogP) is 3.83. The number of carbonyl (C=O) groups is 1. The van der Waals surface area contributed by atoms with Crippen molar-refractivity contribution < 1.29 is 19.1 Å². The maximum absolute atomic E-state index is 10.9. The summed E-state index contributed by atoms with van der Waals surface area (Å²) in [5.74, 6) is 0.350. The van der Waals surface area contributed by atoms with Crippen molar-refractivity contribution in [2.45, 2.75) is 20.5 Å². The molecule has 100 valence electrons. The van der Waals surface area contributed by atoms with Crippen LogP contribution in [-0.2, 0) is 6.61 Å². The molecule has 5 heteroatoms. The number of carboxylic acid groups (broad SMARTS) is 1. The van der Waals surface area contributed by atoms with Crippen molar-refractivity contribution in [1.29, 1.82) is 0 Å². The zero-order valence-corrected chi connectivity index (χ0v) is 11.3. The highest BCUT2D eigenvalue weighted by Gasteiger charge is 2.14. The Kier molecular flexibility index (Phi) is 3.81. The van der Waals surface area contributed by atoms with E-state index in [9.17, 15) is 4.79 Å². The van der Waals surface area contributed by atoms with Gasteiger partial charge in [0.25, 0.3) is 0 Å². The molecule has 0 amide bonds. The van der Waals surface area contributed by atoms with Crippen LogP contribution in [0, 0.1) is 13.8 Å². The number of aryl methyl sites for hydroxylation is 2. The first kappa shape index (κ1) is 13.5. The van der Waals surface area contributed by atoms with Gasteiger partial charge in [0, 0.05) is 0 Å². The lowest BCUT2D eigenvalue weighted by Gasteiger charge is -2.07. The van der Waals surface area contributed by atoms with Crippen LogP contribution < -0.4 is 4.74 Å². The second-order valence-corrected chi connectivity index (χ2v) is 4.62. The summed E-state index contributed by atoms with van der Waals surface area (Å²) in [5, 5.41) is 9.43. The van der Waals surface area contributed by atoms with Gasteiger partial charge in [-0.1, -0.05) is 17.7 Å². The lowest BCUT2D eigenvalue weighted by Crippen LogP contribution is -1.96. The first-order valence-corrected chi connectivity index (χ1v) is 6.06. The van der Waals surface area contributed by atoms with Gasteiger partial charge >= 0.3 is 5.97 Å². The van der Waals surface area contributed by atoms with Gasteiger partial charge in [-0.15, -0.1) is 0 Å². The topological polar surface area (TPSA) is 59.7 Å². The van der Waals surface area contributed by atoms with Crippen LogP contribution in [0.2, 0.25) is 5.02 Å². The number of ether oxygens (including phenoxy) is 1. The largest absolute Gasteiger partial charge is 0.484 e. The molecule has 0 aliphatic rings. The number of hydrogen-bond acceptors (Lipinski definition) is 3. The van der Waals surface area contributed by atoms with Crippen molar-refractivity contribution in [2.75, 3.05) is 0 Å². The molecule has 1 aromatic carbocycles. The molecule has 0 saturated carbocycles. The summed E-state index contributed by atoms with van der Waals surface area (Å²) in [4.78, 5) is 10.9. The van der Waals surface area contributed by atoms with Gasteiger partial charge in [-0.2, -0.15) is 0 Å². The highest BCUT2D eigenvalue weighted by atomic mass is 35.5. The Morgan fingerprint density at radius 1 is 1.37 bits per heavy atom. The third kappa shape index (κ3) is 3.09. The molecule has 0 aliphatic carbocycles. The fourth-order valence-corrected chi connectivity index (χ4v) is 1.87. The van der Waals surface area contributed by atoms with E-state index in [-0.39, 0.29) is 12.2 Å². The van der Waals surface area contributed by atoms with Crippen molar-refractivity contribution in [3.63, 3.8) is 0 Å². The number of halogens is 1. The summed E-state index contributed by atoms with van der Waals surface area (Å²) in [6, 6.07) is 6.91. The average Bonchev–Trinajstić information content (AvgIpc) is 2.72. The van der Waals surface area contributed by atoms with E-state index in [1.54, 1.807) is 13.0 Å². The lowest BCUT2D eigenvalue weighted by atomic mass is 10.2. The van der Waals surface area contributed by atoms with Crippen LogP contribution in [0.3, 0.4) is 0 Å². The van der Waals surface area contributed by atoms with Gasteiger partial charge in [-0.25, -0.2) is 4.79 Å². The third-order valence-corrected chi connectivity index (χ3v) is 2.97. The molecule has 4 nitrogen and oxygen atoms in total. The standard InChI is InChI=1S/C14H13ClO4/c1-8-3-4-12(15)13(5-8)18-7-10-6-11(14(16)17)9(2)19-10/h3-6H,7H2,1-2H3,(H,16,17). The molecule has 2 aromatic rings. The Labute approximate surface area is 115 Å². The summed E-state index contributed by atoms with van der Waals surface area (Å²) in [6.45, 7) is 3.67. The van der Waals surface area contributed by atoms with E-state index in [2.05, 4.69) is 0 Å². The molecule has 0 saturated heterocycles. The van der Waals surface area contributed by atoms with E-state index in [1.807, 2.05) is 19.1 Å². The van der Waals surface area contributed by atoms with Crippen molar-refractivity contribution in [3.8, 4) is 5.75 Å². The predicted molar refractivity (Wildman–Crippen MR) is 70.9 cm³/mol. The van der Waals surface area contributed by atoms with Crippen LogP contribution in [-0.4, -0.2) is 11.1 Å². The Hall–Kier alpha value is -1.94. The van der Waals surface area contributed by atoms with E-state index < -0.39 is 5.97 Å². The van der Waals surface area contributed by atoms with E-state index >= 15 is 0 Å². The number of aromatic carboxylic acids is 1. The van der Waals surface area contributed by atoms with Crippen molar-refractivity contribution in [1.82, 2.24) is 0 Å². The Morgan fingerprint density at radius 2 is 2.11 bits per heavy atom. The fourth-order valence-electron chi connectivity index (χ4n) is 1.70. The van der Waals surface area contributed by atoms with E-state index in [0.717, 1.165) is 5.56 Å². The maximum Gasteiger partial charge on any atom is 0.339 e. The Bertz CT molecular complexity index is 616. The minimum Gasteiger partial charge on any atom is -0.484 e. The van der Waals surface area contributed by atoms with Gasteiger partial charge in [0.15, 0.2) is 0 Å². The van der Waals surface area contributed by atoms with E-state index in [1.165, 1.54) is 6.07 Å². The molecule has 19 heavy (non-hydrogen) atoms. The van der Waals surface area contributed by atoms with Gasteiger partial charge in [-0.05, 0) is 37.6 Å².